The van der Waals surface area contributed by atoms with Gasteiger partial charge in [-0.25, -0.2) is 0 Å². The zero-order valence-corrected chi connectivity index (χ0v) is 12.0. The molecule has 90 valence electrons. The number of rotatable bonds is 3. The van der Waals surface area contributed by atoms with E-state index in [-0.39, 0.29) is 12.5 Å². The van der Waals surface area contributed by atoms with E-state index < -0.39 is 0 Å². The van der Waals surface area contributed by atoms with E-state index in [2.05, 4.69) is 27.7 Å². The molecule has 1 aromatic carbocycles. The van der Waals surface area contributed by atoms with Crippen molar-refractivity contribution in [1.82, 2.24) is 9.78 Å². The third-order valence-corrected chi connectivity index (χ3v) is 3.34. The van der Waals surface area contributed by atoms with Crippen LogP contribution in [0.5, 0.6) is 0 Å². The van der Waals surface area contributed by atoms with Gasteiger partial charge in [0.2, 0.25) is 0 Å². The molecule has 0 aliphatic heterocycles. The lowest BCUT2D eigenvalue weighted by molar-refractivity contribution is -0.143. The van der Waals surface area contributed by atoms with Crippen molar-refractivity contribution in [3.8, 4) is 0 Å². The Balaban J connectivity index is 2.42. The highest BCUT2D eigenvalue weighted by molar-refractivity contribution is 14.1. The third kappa shape index (κ3) is 2.55. The number of fused-ring (bicyclic) bond motifs is 1. The van der Waals surface area contributed by atoms with Gasteiger partial charge in [-0.1, -0.05) is 17.7 Å². The fraction of sp³-hybridized carbons (Fsp3) is 0.273. The average Bonchev–Trinajstić information content (AvgIpc) is 2.57. The smallest absolute Gasteiger partial charge is 0.327 e. The van der Waals surface area contributed by atoms with Crippen LogP contribution in [0.2, 0.25) is 5.02 Å². The van der Waals surface area contributed by atoms with Gasteiger partial charge >= 0.3 is 5.97 Å². The van der Waals surface area contributed by atoms with Crippen LogP contribution >= 0.6 is 34.2 Å². The Labute approximate surface area is 117 Å². The topological polar surface area (TPSA) is 44.1 Å². The van der Waals surface area contributed by atoms with Crippen molar-refractivity contribution in [2.75, 3.05) is 6.61 Å². The molecule has 0 aliphatic rings. The molecule has 2 rings (SSSR count). The first kappa shape index (κ1) is 12.6. The average molecular weight is 365 g/mol. The van der Waals surface area contributed by atoms with Crippen LogP contribution in [0, 0.1) is 3.70 Å². The maximum absolute atomic E-state index is 11.4. The van der Waals surface area contributed by atoms with Crippen molar-refractivity contribution in [3.63, 3.8) is 0 Å². The first-order chi connectivity index (χ1) is 8.13. The Kier molecular flexibility index (Phi) is 3.88. The number of hydrogen-bond donors (Lipinski definition) is 0. The number of halogens is 2. The van der Waals surface area contributed by atoms with Gasteiger partial charge in [0, 0.05) is 0 Å². The van der Waals surface area contributed by atoms with Crippen molar-refractivity contribution in [2.45, 2.75) is 13.5 Å². The van der Waals surface area contributed by atoms with Crippen molar-refractivity contribution < 1.29 is 9.53 Å². The summed E-state index contributed by atoms with van der Waals surface area (Å²) in [5, 5.41) is 5.81. The number of hydrogen-bond acceptors (Lipinski definition) is 3. The summed E-state index contributed by atoms with van der Waals surface area (Å²) in [6.07, 6.45) is 0. The normalized spacial score (nSPS) is 10.8. The molecule has 0 saturated heterocycles. The van der Waals surface area contributed by atoms with Crippen LogP contribution in [0.3, 0.4) is 0 Å². The quantitative estimate of drug-likeness (QED) is 0.621. The molecule has 1 aromatic heterocycles. The second-order valence-electron chi connectivity index (χ2n) is 3.39. The van der Waals surface area contributed by atoms with Gasteiger partial charge in [-0.3, -0.25) is 9.48 Å². The lowest BCUT2D eigenvalue weighted by Crippen LogP contribution is -2.14. The third-order valence-electron chi connectivity index (χ3n) is 2.27. The molecule has 1 heterocycles. The molecule has 17 heavy (non-hydrogen) atoms. The molecule has 0 spiro atoms. The summed E-state index contributed by atoms with van der Waals surface area (Å²) in [6, 6.07) is 5.53. The summed E-state index contributed by atoms with van der Waals surface area (Å²) in [5.41, 5.74) is 0.843. The first-order valence-electron chi connectivity index (χ1n) is 5.09. The fourth-order valence-electron chi connectivity index (χ4n) is 1.59. The van der Waals surface area contributed by atoms with E-state index in [1.807, 2.05) is 18.2 Å². The SMILES string of the molecule is CCOC(=O)Cn1nc(I)c2c(Cl)cccc21. The molecule has 0 saturated carbocycles. The van der Waals surface area contributed by atoms with Gasteiger partial charge in [-0.05, 0) is 41.6 Å². The van der Waals surface area contributed by atoms with E-state index in [1.54, 1.807) is 11.6 Å². The number of ether oxygens (including phenoxy) is 1. The minimum Gasteiger partial charge on any atom is -0.465 e. The molecule has 0 fully saturated rings. The molecule has 0 radical (unpaired) electrons. The van der Waals surface area contributed by atoms with Crippen molar-refractivity contribution in [3.05, 3.63) is 26.9 Å². The number of aromatic nitrogens is 2. The van der Waals surface area contributed by atoms with Crippen LogP contribution in [0.15, 0.2) is 18.2 Å². The van der Waals surface area contributed by atoms with Crippen molar-refractivity contribution in [1.29, 1.82) is 0 Å². The minimum atomic E-state index is -0.298. The molecule has 0 atom stereocenters. The number of nitrogens with zero attached hydrogens (tertiary/aromatic N) is 2. The molecule has 0 aliphatic carbocycles. The predicted molar refractivity (Wildman–Crippen MR) is 74.1 cm³/mol. The molecule has 2 aromatic rings. The number of esters is 1. The van der Waals surface area contributed by atoms with Gasteiger partial charge in [0.15, 0.2) is 0 Å². The lowest BCUT2D eigenvalue weighted by Gasteiger charge is -2.03. The van der Waals surface area contributed by atoms with Gasteiger partial charge in [0.25, 0.3) is 0 Å². The van der Waals surface area contributed by atoms with Crippen molar-refractivity contribution in [2.24, 2.45) is 0 Å². The summed E-state index contributed by atoms with van der Waals surface area (Å²) in [7, 11) is 0. The molecule has 6 heteroatoms. The highest BCUT2D eigenvalue weighted by Gasteiger charge is 2.13. The summed E-state index contributed by atoms with van der Waals surface area (Å²) in [4.78, 5) is 11.4. The van der Waals surface area contributed by atoms with E-state index >= 15 is 0 Å². The predicted octanol–water partition coefficient (Wildman–Crippen LogP) is 2.86. The number of carbonyl (C=O) groups is 1. The minimum absolute atomic E-state index is 0.105. The summed E-state index contributed by atoms with van der Waals surface area (Å²) in [5.74, 6) is -0.298. The zero-order valence-electron chi connectivity index (χ0n) is 9.11. The van der Waals surface area contributed by atoms with Crippen LogP contribution in [0.4, 0.5) is 0 Å². The molecular formula is C11H10ClIN2O2. The first-order valence-corrected chi connectivity index (χ1v) is 6.55. The fourth-order valence-corrected chi connectivity index (χ4v) is 2.84. The van der Waals surface area contributed by atoms with Crippen LogP contribution in [-0.4, -0.2) is 22.4 Å². The molecule has 0 unspecified atom stereocenters. The Hall–Kier alpha value is -0.820. The Morgan fingerprint density at radius 2 is 2.35 bits per heavy atom. The number of benzene rings is 1. The molecule has 0 bridgehead atoms. The van der Waals surface area contributed by atoms with Gasteiger partial charge in [0.05, 0.1) is 22.5 Å². The maximum Gasteiger partial charge on any atom is 0.327 e. The summed E-state index contributed by atoms with van der Waals surface area (Å²) >= 11 is 8.20. The van der Waals surface area contributed by atoms with Gasteiger partial charge in [0.1, 0.15) is 10.2 Å². The standard InChI is InChI=1S/C11H10ClIN2O2/c1-2-17-9(16)6-15-8-5-3-4-7(12)10(8)11(13)14-15/h3-5H,2,6H2,1H3. The van der Waals surface area contributed by atoms with Crippen LogP contribution in [0.25, 0.3) is 10.9 Å². The van der Waals surface area contributed by atoms with Gasteiger partial charge < -0.3 is 4.74 Å². The lowest BCUT2D eigenvalue weighted by atomic mass is 10.2. The van der Waals surface area contributed by atoms with E-state index in [0.717, 1.165) is 14.6 Å². The van der Waals surface area contributed by atoms with E-state index in [0.29, 0.717) is 11.6 Å². The molecule has 0 N–H and O–H groups in total. The summed E-state index contributed by atoms with van der Waals surface area (Å²) < 4.78 is 7.30. The van der Waals surface area contributed by atoms with Crippen molar-refractivity contribution >= 4 is 51.1 Å². The Morgan fingerprint density at radius 1 is 1.59 bits per heavy atom. The molecule has 0 amide bonds. The monoisotopic (exact) mass is 364 g/mol. The highest BCUT2D eigenvalue weighted by atomic mass is 127. The highest BCUT2D eigenvalue weighted by Crippen LogP contribution is 2.27. The van der Waals surface area contributed by atoms with E-state index in [9.17, 15) is 4.79 Å². The van der Waals surface area contributed by atoms with Crippen LogP contribution < -0.4 is 0 Å². The van der Waals surface area contributed by atoms with Crippen LogP contribution in [0.1, 0.15) is 6.92 Å². The van der Waals surface area contributed by atoms with E-state index in [4.69, 9.17) is 16.3 Å². The summed E-state index contributed by atoms with van der Waals surface area (Å²) in [6.45, 7) is 2.25. The Morgan fingerprint density at radius 3 is 3.06 bits per heavy atom. The molecule has 4 nitrogen and oxygen atoms in total. The Bertz CT molecular complexity index is 568. The van der Waals surface area contributed by atoms with Crippen LogP contribution in [-0.2, 0) is 16.1 Å². The molecular weight excluding hydrogens is 354 g/mol. The zero-order chi connectivity index (χ0) is 12.4. The number of carbonyl (C=O) groups excluding carboxylic acids is 1. The second kappa shape index (κ2) is 5.22. The second-order valence-corrected chi connectivity index (χ2v) is 4.82. The van der Waals surface area contributed by atoms with Gasteiger partial charge in [-0.2, -0.15) is 5.10 Å². The maximum atomic E-state index is 11.4. The largest absolute Gasteiger partial charge is 0.465 e. The van der Waals surface area contributed by atoms with E-state index in [1.165, 1.54) is 0 Å². The van der Waals surface area contributed by atoms with Gasteiger partial charge in [-0.15, -0.1) is 0 Å².